The molecule has 1 N–H and O–H groups in total. The quantitative estimate of drug-likeness (QED) is 0.645. The van der Waals surface area contributed by atoms with Crippen LogP contribution < -0.4 is 10.1 Å². The SMILES string of the molecule is CC(C)(C)C(=O)ON1CCCC(NC(=O)Oc2ccc([N+](=O)[O-])cc2)C1. The number of benzene rings is 1. The molecule has 0 bridgehead atoms. The third-order valence-corrected chi connectivity index (χ3v) is 3.79. The van der Waals surface area contributed by atoms with Crippen LogP contribution in [0, 0.1) is 15.5 Å². The second-order valence-corrected chi connectivity index (χ2v) is 7.14. The zero-order valence-corrected chi connectivity index (χ0v) is 15.1. The number of hydrogen-bond donors (Lipinski definition) is 1. The summed E-state index contributed by atoms with van der Waals surface area (Å²) in [6, 6.07) is 5.02. The zero-order chi connectivity index (χ0) is 19.3. The fourth-order valence-electron chi connectivity index (χ4n) is 2.34. The molecule has 1 fully saturated rings. The van der Waals surface area contributed by atoms with Crippen molar-refractivity contribution in [3.8, 4) is 5.75 Å². The first kappa shape index (κ1) is 19.6. The van der Waals surface area contributed by atoms with Crippen LogP contribution in [-0.4, -0.2) is 41.2 Å². The molecule has 0 aliphatic carbocycles. The molecule has 9 heteroatoms. The predicted octanol–water partition coefficient (Wildman–Crippen LogP) is 2.65. The van der Waals surface area contributed by atoms with Gasteiger partial charge in [0.2, 0.25) is 0 Å². The maximum Gasteiger partial charge on any atom is 0.412 e. The first-order chi connectivity index (χ1) is 12.1. The molecule has 9 nitrogen and oxygen atoms in total. The third-order valence-electron chi connectivity index (χ3n) is 3.79. The highest BCUT2D eigenvalue weighted by Gasteiger charge is 2.29. The van der Waals surface area contributed by atoms with Gasteiger partial charge in [-0.1, -0.05) is 0 Å². The number of carbonyl (C=O) groups is 2. The number of amides is 1. The highest BCUT2D eigenvalue weighted by Crippen LogP contribution is 2.20. The summed E-state index contributed by atoms with van der Waals surface area (Å²) in [7, 11) is 0. The number of piperidine rings is 1. The normalized spacial score (nSPS) is 18.0. The number of nitrogens with zero attached hydrogens (tertiary/aromatic N) is 2. The van der Waals surface area contributed by atoms with E-state index in [1.807, 2.05) is 0 Å². The van der Waals surface area contributed by atoms with Gasteiger partial charge in [-0.3, -0.25) is 10.1 Å². The lowest BCUT2D eigenvalue weighted by molar-refractivity contribution is -0.384. The fraction of sp³-hybridized carbons (Fsp3) is 0.529. The number of nitro groups is 1. The lowest BCUT2D eigenvalue weighted by atomic mass is 9.98. The largest absolute Gasteiger partial charge is 0.412 e. The Labute approximate surface area is 151 Å². The summed E-state index contributed by atoms with van der Waals surface area (Å²) in [5.74, 6) is -0.119. The Bertz CT molecular complexity index is 668. The molecule has 1 aliphatic rings. The molecule has 2 rings (SSSR count). The van der Waals surface area contributed by atoms with Crippen molar-refractivity contribution in [3.05, 3.63) is 34.4 Å². The van der Waals surface area contributed by atoms with Crippen molar-refractivity contribution in [1.29, 1.82) is 0 Å². The molecule has 1 aromatic carbocycles. The lowest BCUT2D eigenvalue weighted by Crippen LogP contribution is -2.49. The molecule has 1 aliphatic heterocycles. The number of hydroxylamine groups is 2. The van der Waals surface area contributed by atoms with Crippen LogP contribution in [0.4, 0.5) is 10.5 Å². The second kappa shape index (κ2) is 8.13. The van der Waals surface area contributed by atoms with Crippen molar-refractivity contribution in [2.75, 3.05) is 13.1 Å². The Morgan fingerprint density at radius 3 is 2.50 bits per heavy atom. The minimum atomic E-state index is -0.659. The fourth-order valence-corrected chi connectivity index (χ4v) is 2.34. The van der Waals surface area contributed by atoms with Gasteiger partial charge in [0.15, 0.2) is 0 Å². The van der Waals surface area contributed by atoms with Crippen molar-refractivity contribution < 1.29 is 24.1 Å². The summed E-state index contributed by atoms with van der Waals surface area (Å²) >= 11 is 0. The molecule has 1 aromatic rings. The second-order valence-electron chi connectivity index (χ2n) is 7.14. The van der Waals surface area contributed by atoms with Crippen LogP contribution in [0.2, 0.25) is 0 Å². The molecule has 0 aromatic heterocycles. The summed E-state index contributed by atoms with van der Waals surface area (Å²) in [5.41, 5.74) is -0.684. The number of hydrogen-bond acceptors (Lipinski definition) is 7. The molecule has 1 amide bonds. The maximum absolute atomic E-state index is 12.0. The van der Waals surface area contributed by atoms with Crippen LogP contribution in [-0.2, 0) is 9.63 Å². The van der Waals surface area contributed by atoms with Gasteiger partial charge in [-0.05, 0) is 45.7 Å². The molecule has 142 valence electrons. The van der Waals surface area contributed by atoms with Gasteiger partial charge in [-0.25, -0.2) is 9.59 Å². The van der Waals surface area contributed by atoms with E-state index in [4.69, 9.17) is 9.57 Å². The van der Waals surface area contributed by atoms with E-state index in [1.165, 1.54) is 24.3 Å². The third kappa shape index (κ3) is 5.69. The van der Waals surface area contributed by atoms with E-state index in [0.29, 0.717) is 13.1 Å². The Balaban J connectivity index is 1.84. The van der Waals surface area contributed by atoms with Gasteiger partial charge >= 0.3 is 12.1 Å². The van der Waals surface area contributed by atoms with Crippen LogP contribution in [0.25, 0.3) is 0 Å². The predicted molar refractivity (Wildman–Crippen MR) is 92.4 cm³/mol. The summed E-state index contributed by atoms with van der Waals surface area (Å²) in [6.45, 7) is 6.30. The molecule has 0 spiro atoms. The molecular formula is C17H23N3O6. The van der Waals surface area contributed by atoms with E-state index in [1.54, 1.807) is 25.8 Å². The van der Waals surface area contributed by atoms with E-state index >= 15 is 0 Å². The minimum Gasteiger partial charge on any atom is -0.410 e. The van der Waals surface area contributed by atoms with Crippen molar-refractivity contribution >= 4 is 17.7 Å². The Morgan fingerprint density at radius 1 is 1.27 bits per heavy atom. The Morgan fingerprint density at radius 2 is 1.92 bits per heavy atom. The van der Waals surface area contributed by atoms with E-state index in [2.05, 4.69) is 5.32 Å². The van der Waals surface area contributed by atoms with E-state index in [-0.39, 0.29) is 23.4 Å². The van der Waals surface area contributed by atoms with E-state index in [9.17, 15) is 19.7 Å². The summed E-state index contributed by atoms with van der Waals surface area (Å²) in [5, 5.41) is 14.9. The molecule has 1 saturated heterocycles. The molecule has 1 heterocycles. The van der Waals surface area contributed by atoms with Crippen LogP contribution in [0.1, 0.15) is 33.6 Å². The average Bonchev–Trinajstić information content (AvgIpc) is 2.54. The van der Waals surface area contributed by atoms with Gasteiger partial charge in [0, 0.05) is 24.7 Å². The summed E-state index contributed by atoms with van der Waals surface area (Å²) in [4.78, 5) is 39.4. The Hall–Kier alpha value is -2.68. The summed E-state index contributed by atoms with van der Waals surface area (Å²) in [6.07, 6.45) is 0.839. The number of non-ortho nitro benzene ring substituents is 1. The van der Waals surface area contributed by atoms with Gasteiger partial charge in [-0.15, -0.1) is 5.06 Å². The molecule has 1 atom stereocenters. The topological polar surface area (TPSA) is 111 Å². The maximum atomic E-state index is 12.0. The summed E-state index contributed by atoms with van der Waals surface area (Å²) < 4.78 is 5.12. The Kier molecular flexibility index (Phi) is 6.14. The highest BCUT2D eigenvalue weighted by atomic mass is 16.7. The van der Waals surface area contributed by atoms with Gasteiger partial charge in [0.1, 0.15) is 5.75 Å². The molecule has 26 heavy (non-hydrogen) atoms. The van der Waals surface area contributed by atoms with E-state index < -0.39 is 16.4 Å². The average molecular weight is 365 g/mol. The van der Waals surface area contributed by atoms with Crippen molar-refractivity contribution in [1.82, 2.24) is 10.4 Å². The lowest BCUT2D eigenvalue weighted by Gasteiger charge is -2.32. The monoisotopic (exact) mass is 365 g/mol. The van der Waals surface area contributed by atoms with Crippen LogP contribution >= 0.6 is 0 Å². The van der Waals surface area contributed by atoms with Gasteiger partial charge < -0.3 is 14.9 Å². The minimum absolute atomic E-state index is 0.0821. The first-order valence-corrected chi connectivity index (χ1v) is 8.35. The standard InChI is InChI=1S/C17H23N3O6/c1-17(2,3)15(21)26-19-10-4-5-12(11-19)18-16(22)25-14-8-6-13(7-9-14)20(23)24/h6-9,12H,4-5,10-11H2,1-3H3,(H,18,22). The molecular weight excluding hydrogens is 342 g/mol. The smallest absolute Gasteiger partial charge is 0.410 e. The van der Waals surface area contributed by atoms with E-state index in [0.717, 1.165) is 12.8 Å². The molecule has 0 radical (unpaired) electrons. The highest BCUT2D eigenvalue weighted by molar-refractivity contribution is 5.75. The number of ether oxygens (including phenoxy) is 1. The number of nitrogens with one attached hydrogen (secondary N) is 1. The van der Waals surface area contributed by atoms with Crippen molar-refractivity contribution in [2.45, 2.75) is 39.7 Å². The van der Waals surface area contributed by atoms with Crippen LogP contribution in [0.3, 0.4) is 0 Å². The first-order valence-electron chi connectivity index (χ1n) is 8.35. The van der Waals surface area contributed by atoms with Crippen molar-refractivity contribution in [3.63, 3.8) is 0 Å². The number of nitro benzene ring substituents is 1. The molecule has 1 unspecified atom stereocenters. The number of rotatable bonds is 4. The van der Waals surface area contributed by atoms with Crippen LogP contribution in [0.15, 0.2) is 24.3 Å². The molecule has 0 saturated carbocycles. The van der Waals surface area contributed by atoms with Crippen LogP contribution in [0.5, 0.6) is 5.75 Å². The van der Waals surface area contributed by atoms with Gasteiger partial charge in [0.25, 0.3) is 5.69 Å². The van der Waals surface area contributed by atoms with Gasteiger partial charge in [0.05, 0.1) is 16.9 Å². The zero-order valence-electron chi connectivity index (χ0n) is 15.1. The van der Waals surface area contributed by atoms with Crippen molar-refractivity contribution in [2.24, 2.45) is 5.41 Å². The van der Waals surface area contributed by atoms with Gasteiger partial charge in [-0.2, -0.15) is 0 Å². The number of carbonyl (C=O) groups excluding carboxylic acids is 2.